The number of benzene rings is 3. The summed E-state index contributed by atoms with van der Waals surface area (Å²) in [6.45, 7) is 5.98. The Morgan fingerprint density at radius 2 is 1.42 bits per heavy atom. The summed E-state index contributed by atoms with van der Waals surface area (Å²) >= 11 is 0. The molecule has 0 saturated heterocycles. The average molecular weight is 447 g/mol. The fraction of sp³-hybridized carbons (Fsp3) is 0.333. The van der Waals surface area contributed by atoms with Crippen molar-refractivity contribution in [2.45, 2.75) is 51.4 Å². The molecule has 3 aromatic carbocycles. The van der Waals surface area contributed by atoms with Gasteiger partial charge in [0, 0.05) is 5.56 Å². The highest BCUT2D eigenvalue weighted by molar-refractivity contribution is 5.65. The molecule has 0 bridgehead atoms. The lowest BCUT2D eigenvalue weighted by Crippen LogP contribution is -2.11. The van der Waals surface area contributed by atoms with Crippen LogP contribution in [0, 0.1) is 17.6 Å². The van der Waals surface area contributed by atoms with Crippen LogP contribution in [0.2, 0.25) is 0 Å². The van der Waals surface area contributed by atoms with Crippen LogP contribution in [0.1, 0.15) is 55.2 Å². The summed E-state index contributed by atoms with van der Waals surface area (Å²) in [5, 5.41) is 0. The van der Waals surface area contributed by atoms with Crippen molar-refractivity contribution in [3.05, 3.63) is 102 Å². The van der Waals surface area contributed by atoms with Gasteiger partial charge in [0.05, 0.1) is 6.61 Å². The summed E-state index contributed by atoms with van der Waals surface area (Å²) in [4.78, 5) is 0. The van der Waals surface area contributed by atoms with Gasteiger partial charge in [0.25, 0.3) is 0 Å². The maximum atomic E-state index is 14.5. The number of allylic oxidation sites excluding steroid dienone is 1. The standard InChI is InChI=1S/C30H32F2O/c1-3-21-7-13-24(14-8-21)25-15-9-22(10-16-25)5-6-23-11-17-26(18-12-23)27-19-20-28(33-4-2)30(32)29(27)31/h3,9-12,15-21,24H,1,4-8,13-14H2,2H3. The minimum Gasteiger partial charge on any atom is -0.491 e. The molecule has 4 rings (SSSR count). The third kappa shape index (κ3) is 5.52. The molecule has 0 spiro atoms. The molecule has 1 nitrogen and oxygen atoms in total. The lowest BCUT2D eigenvalue weighted by Gasteiger charge is -2.27. The molecule has 3 aromatic rings. The molecule has 0 N–H and O–H groups in total. The van der Waals surface area contributed by atoms with Crippen molar-refractivity contribution in [2.75, 3.05) is 6.61 Å². The SMILES string of the molecule is C=CC1CCC(c2ccc(CCc3ccc(-c4ccc(OCC)c(F)c4F)cc3)cc2)CC1. The minimum atomic E-state index is -0.935. The summed E-state index contributed by atoms with van der Waals surface area (Å²) in [5.74, 6) is -0.485. The molecule has 0 aliphatic heterocycles. The van der Waals surface area contributed by atoms with Gasteiger partial charge in [-0.15, -0.1) is 6.58 Å². The zero-order chi connectivity index (χ0) is 23.2. The van der Waals surface area contributed by atoms with Crippen molar-refractivity contribution in [3.63, 3.8) is 0 Å². The zero-order valence-corrected chi connectivity index (χ0v) is 19.3. The van der Waals surface area contributed by atoms with Gasteiger partial charge in [-0.3, -0.25) is 0 Å². The Kier molecular flexibility index (Phi) is 7.59. The molecule has 0 unspecified atom stereocenters. The summed E-state index contributed by atoms with van der Waals surface area (Å²) in [6, 6.07) is 19.9. The topological polar surface area (TPSA) is 9.23 Å². The maximum absolute atomic E-state index is 14.5. The van der Waals surface area contributed by atoms with Gasteiger partial charge >= 0.3 is 0 Å². The predicted octanol–water partition coefficient (Wildman–Crippen LogP) is 8.28. The van der Waals surface area contributed by atoms with E-state index in [1.807, 2.05) is 24.3 Å². The van der Waals surface area contributed by atoms with E-state index in [1.54, 1.807) is 13.0 Å². The lowest BCUT2D eigenvalue weighted by atomic mass is 9.78. The number of halogens is 2. The Labute approximate surface area is 196 Å². The van der Waals surface area contributed by atoms with E-state index >= 15 is 0 Å². The highest BCUT2D eigenvalue weighted by atomic mass is 19.2. The van der Waals surface area contributed by atoms with Crippen LogP contribution in [0.15, 0.2) is 73.3 Å². The van der Waals surface area contributed by atoms with Crippen molar-refractivity contribution in [2.24, 2.45) is 5.92 Å². The molecule has 172 valence electrons. The third-order valence-corrected chi connectivity index (χ3v) is 6.87. The smallest absolute Gasteiger partial charge is 0.201 e. The molecular weight excluding hydrogens is 414 g/mol. The second kappa shape index (κ2) is 10.8. The predicted molar refractivity (Wildman–Crippen MR) is 132 cm³/mol. The van der Waals surface area contributed by atoms with Gasteiger partial charge in [-0.05, 0) is 91.7 Å². The van der Waals surface area contributed by atoms with Crippen LogP contribution in [0.3, 0.4) is 0 Å². The number of rotatable bonds is 8. The van der Waals surface area contributed by atoms with E-state index in [9.17, 15) is 8.78 Å². The quantitative estimate of drug-likeness (QED) is 0.316. The van der Waals surface area contributed by atoms with Crippen molar-refractivity contribution in [1.82, 2.24) is 0 Å². The molecule has 0 atom stereocenters. The normalized spacial score (nSPS) is 18.2. The van der Waals surface area contributed by atoms with Gasteiger partial charge in [-0.25, -0.2) is 4.39 Å². The first-order valence-electron chi connectivity index (χ1n) is 12.0. The third-order valence-electron chi connectivity index (χ3n) is 6.87. The molecule has 1 fully saturated rings. The Hall–Kier alpha value is -2.94. The Bertz CT molecular complexity index is 1060. The van der Waals surface area contributed by atoms with Crippen molar-refractivity contribution in [1.29, 1.82) is 0 Å². The molecule has 1 aliphatic rings. The molecule has 33 heavy (non-hydrogen) atoms. The van der Waals surface area contributed by atoms with Crippen molar-refractivity contribution < 1.29 is 13.5 Å². The largest absolute Gasteiger partial charge is 0.491 e. The van der Waals surface area contributed by atoms with Gasteiger partial charge < -0.3 is 4.74 Å². The number of ether oxygens (including phenoxy) is 1. The van der Waals surface area contributed by atoms with Crippen LogP contribution in [0.25, 0.3) is 11.1 Å². The fourth-order valence-electron chi connectivity index (χ4n) is 4.81. The summed E-state index contributed by atoms with van der Waals surface area (Å²) in [7, 11) is 0. The van der Waals surface area contributed by atoms with Gasteiger partial charge in [-0.2, -0.15) is 4.39 Å². The van der Waals surface area contributed by atoms with Crippen LogP contribution in [-0.4, -0.2) is 6.61 Å². The molecule has 0 aromatic heterocycles. The first-order valence-corrected chi connectivity index (χ1v) is 12.0. The zero-order valence-electron chi connectivity index (χ0n) is 19.3. The van der Waals surface area contributed by atoms with E-state index in [1.165, 1.54) is 48.4 Å². The fourth-order valence-corrected chi connectivity index (χ4v) is 4.81. The van der Waals surface area contributed by atoms with E-state index in [0.29, 0.717) is 24.0 Å². The average Bonchev–Trinajstić information content (AvgIpc) is 2.87. The highest BCUT2D eigenvalue weighted by Crippen LogP contribution is 2.36. The van der Waals surface area contributed by atoms with Crippen molar-refractivity contribution in [3.8, 4) is 16.9 Å². The summed E-state index contributed by atoms with van der Waals surface area (Å²) < 4.78 is 33.8. The van der Waals surface area contributed by atoms with E-state index in [0.717, 1.165) is 12.8 Å². The van der Waals surface area contributed by atoms with E-state index in [2.05, 4.69) is 36.9 Å². The number of aryl methyl sites for hydroxylation is 2. The molecule has 1 saturated carbocycles. The first-order chi connectivity index (χ1) is 16.1. The maximum Gasteiger partial charge on any atom is 0.201 e. The van der Waals surface area contributed by atoms with Crippen LogP contribution in [0.4, 0.5) is 8.78 Å². The van der Waals surface area contributed by atoms with Gasteiger partial charge in [0.2, 0.25) is 5.82 Å². The van der Waals surface area contributed by atoms with Crippen molar-refractivity contribution >= 4 is 0 Å². The van der Waals surface area contributed by atoms with Crippen LogP contribution < -0.4 is 4.74 Å². The lowest BCUT2D eigenvalue weighted by molar-refractivity contribution is 0.314. The molecule has 0 heterocycles. The van der Waals surface area contributed by atoms with E-state index in [4.69, 9.17) is 4.74 Å². The molecule has 3 heteroatoms. The Morgan fingerprint density at radius 1 is 0.818 bits per heavy atom. The van der Waals surface area contributed by atoms with Gasteiger partial charge in [0.1, 0.15) is 0 Å². The van der Waals surface area contributed by atoms with Crippen LogP contribution in [0.5, 0.6) is 5.75 Å². The van der Waals surface area contributed by atoms with Gasteiger partial charge in [-0.1, -0.05) is 54.6 Å². The van der Waals surface area contributed by atoms with Gasteiger partial charge in [0.15, 0.2) is 11.6 Å². The highest BCUT2D eigenvalue weighted by Gasteiger charge is 2.20. The second-order valence-corrected chi connectivity index (χ2v) is 8.96. The van der Waals surface area contributed by atoms with E-state index in [-0.39, 0.29) is 11.3 Å². The number of hydrogen-bond acceptors (Lipinski definition) is 1. The molecule has 0 amide bonds. The summed E-state index contributed by atoms with van der Waals surface area (Å²) in [5.41, 5.74) is 4.86. The van der Waals surface area contributed by atoms with Crippen LogP contribution >= 0.6 is 0 Å². The minimum absolute atomic E-state index is 0.0502. The number of hydrogen-bond donors (Lipinski definition) is 0. The monoisotopic (exact) mass is 446 g/mol. The van der Waals surface area contributed by atoms with Crippen LogP contribution in [-0.2, 0) is 12.8 Å². The Balaban J connectivity index is 1.35. The molecule has 0 radical (unpaired) electrons. The first kappa shape index (κ1) is 23.2. The molecular formula is C30H32F2O. The molecule has 1 aliphatic carbocycles. The Morgan fingerprint density at radius 3 is 2.00 bits per heavy atom. The second-order valence-electron chi connectivity index (χ2n) is 8.96. The summed E-state index contributed by atoms with van der Waals surface area (Å²) in [6.07, 6.45) is 8.97. The van der Waals surface area contributed by atoms with E-state index < -0.39 is 11.6 Å².